The average Bonchev–Trinajstić information content (AvgIpc) is 2.90. The molecule has 0 saturated carbocycles. The molecule has 0 amide bonds. The standard InChI is InChI=1S/C26H26F2N2O5S/c1-33-24-12-11-23(17-25(24)34-2)36(31,32)30-15-13-22(14-16-30)29-35-26(18-3-7-20(27)8-4-18)19-5-9-21(28)10-6-19/h3-12,17,26H,13-16H2,1-2H3. The highest BCUT2D eigenvalue weighted by Crippen LogP contribution is 2.32. The lowest BCUT2D eigenvalue weighted by atomic mass is 10.0. The van der Waals surface area contributed by atoms with Crippen LogP contribution in [0.2, 0.25) is 0 Å². The monoisotopic (exact) mass is 516 g/mol. The second-order valence-corrected chi connectivity index (χ2v) is 10.1. The van der Waals surface area contributed by atoms with E-state index < -0.39 is 16.1 Å². The first-order valence-corrected chi connectivity index (χ1v) is 12.7. The van der Waals surface area contributed by atoms with Gasteiger partial charge in [-0.1, -0.05) is 29.4 Å². The Kier molecular flexibility index (Phi) is 7.85. The summed E-state index contributed by atoms with van der Waals surface area (Å²) in [6.45, 7) is 0.466. The molecule has 0 atom stereocenters. The van der Waals surface area contributed by atoms with E-state index in [0.717, 1.165) is 0 Å². The predicted molar refractivity (Wildman–Crippen MR) is 131 cm³/mol. The fourth-order valence-electron chi connectivity index (χ4n) is 3.92. The van der Waals surface area contributed by atoms with Gasteiger partial charge < -0.3 is 14.3 Å². The largest absolute Gasteiger partial charge is 0.493 e. The Hall–Kier alpha value is -3.50. The van der Waals surface area contributed by atoms with Crippen LogP contribution >= 0.6 is 0 Å². The quantitative estimate of drug-likeness (QED) is 0.397. The van der Waals surface area contributed by atoms with Crippen LogP contribution in [0.4, 0.5) is 8.78 Å². The first-order valence-electron chi connectivity index (χ1n) is 11.3. The van der Waals surface area contributed by atoms with Crippen LogP contribution in [0.15, 0.2) is 76.8 Å². The molecule has 190 valence electrons. The molecule has 0 aromatic heterocycles. The van der Waals surface area contributed by atoms with Gasteiger partial charge in [0.1, 0.15) is 11.6 Å². The molecule has 36 heavy (non-hydrogen) atoms. The molecule has 1 aliphatic rings. The van der Waals surface area contributed by atoms with E-state index >= 15 is 0 Å². The van der Waals surface area contributed by atoms with Crippen LogP contribution in [0.25, 0.3) is 0 Å². The number of methoxy groups -OCH3 is 2. The van der Waals surface area contributed by atoms with Gasteiger partial charge in [0, 0.05) is 32.0 Å². The minimum absolute atomic E-state index is 0.115. The summed E-state index contributed by atoms with van der Waals surface area (Å²) in [4.78, 5) is 5.95. The van der Waals surface area contributed by atoms with E-state index in [4.69, 9.17) is 14.3 Å². The molecule has 1 saturated heterocycles. The molecule has 0 spiro atoms. The molecule has 4 rings (SSSR count). The minimum Gasteiger partial charge on any atom is -0.493 e. The van der Waals surface area contributed by atoms with Gasteiger partial charge in [-0.15, -0.1) is 0 Å². The zero-order chi connectivity index (χ0) is 25.7. The Morgan fingerprint density at radius 2 is 1.33 bits per heavy atom. The van der Waals surface area contributed by atoms with Crippen molar-refractivity contribution in [3.63, 3.8) is 0 Å². The fourth-order valence-corrected chi connectivity index (χ4v) is 5.38. The molecule has 3 aromatic carbocycles. The van der Waals surface area contributed by atoms with Crippen LogP contribution in [0.1, 0.15) is 30.1 Å². The van der Waals surface area contributed by atoms with E-state index in [-0.39, 0.29) is 29.6 Å². The second-order valence-electron chi connectivity index (χ2n) is 8.17. The predicted octanol–water partition coefficient (Wildman–Crippen LogP) is 4.93. The van der Waals surface area contributed by atoms with Crippen LogP contribution in [-0.2, 0) is 14.9 Å². The van der Waals surface area contributed by atoms with E-state index in [0.29, 0.717) is 41.2 Å². The lowest BCUT2D eigenvalue weighted by molar-refractivity contribution is 0.0855. The van der Waals surface area contributed by atoms with Crippen molar-refractivity contribution in [3.05, 3.63) is 89.5 Å². The minimum atomic E-state index is -3.74. The van der Waals surface area contributed by atoms with Crippen LogP contribution in [0, 0.1) is 11.6 Å². The van der Waals surface area contributed by atoms with Crippen LogP contribution in [-0.4, -0.2) is 45.7 Å². The Balaban J connectivity index is 1.48. The maximum atomic E-state index is 13.4. The lowest BCUT2D eigenvalue weighted by Gasteiger charge is -2.27. The van der Waals surface area contributed by atoms with Crippen molar-refractivity contribution < 1.29 is 31.5 Å². The Bertz CT molecular complexity index is 1270. The molecular weight excluding hydrogens is 490 g/mol. The number of sulfonamides is 1. The van der Waals surface area contributed by atoms with Gasteiger partial charge >= 0.3 is 0 Å². The molecule has 7 nitrogen and oxygen atoms in total. The molecule has 1 heterocycles. The topological polar surface area (TPSA) is 77.4 Å². The normalized spacial score (nSPS) is 14.5. The van der Waals surface area contributed by atoms with Crippen LogP contribution < -0.4 is 9.47 Å². The van der Waals surface area contributed by atoms with Crippen molar-refractivity contribution in [2.75, 3.05) is 27.3 Å². The van der Waals surface area contributed by atoms with Crippen molar-refractivity contribution >= 4 is 15.7 Å². The molecule has 0 unspecified atom stereocenters. The third kappa shape index (κ3) is 5.66. The molecule has 0 aliphatic carbocycles. The Labute approximate surface area is 209 Å². The van der Waals surface area contributed by atoms with Gasteiger partial charge in [0.05, 0.1) is 24.8 Å². The average molecular weight is 517 g/mol. The van der Waals surface area contributed by atoms with Gasteiger partial charge in [0.25, 0.3) is 0 Å². The Morgan fingerprint density at radius 1 is 0.806 bits per heavy atom. The zero-order valence-corrected chi connectivity index (χ0v) is 20.7. The third-order valence-electron chi connectivity index (χ3n) is 5.93. The van der Waals surface area contributed by atoms with Crippen molar-refractivity contribution in [1.29, 1.82) is 0 Å². The molecule has 0 N–H and O–H groups in total. The van der Waals surface area contributed by atoms with Gasteiger partial charge in [-0.25, -0.2) is 17.2 Å². The molecule has 10 heteroatoms. The van der Waals surface area contributed by atoms with E-state index in [2.05, 4.69) is 5.16 Å². The summed E-state index contributed by atoms with van der Waals surface area (Å²) in [6, 6.07) is 16.1. The van der Waals surface area contributed by atoms with E-state index in [1.54, 1.807) is 30.3 Å². The summed E-state index contributed by atoms with van der Waals surface area (Å²) in [7, 11) is -0.808. The van der Waals surface area contributed by atoms with Gasteiger partial charge in [-0.3, -0.25) is 0 Å². The molecular formula is C26H26F2N2O5S. The van der Waals surface area contributed by atoms with Gasteiger partial charge in [-0.2, -0.15) is 4.31 Å². The van der Waals surface area contributed by atoms with Crippen molar-refractivity contribution in [1.82, 2.24) is 4.31 Å². The van der Waals surface area contributed by atoms with E-state index in [1.807, 2.05) is 0 Å². The fraction of sp³-hybridized carbons (Fsp3) is 0.269. The maximum Gasteiger partial charge on any atom is 0.243 e. The molecule has 0 radical (unpaired) electrons. The van der Waals surface area contributed by atoms with Crippen molar-refractivity contribution in [2.45, 2.75) is 23.8 Å². The number of oxime groups is 1. The van der Waals surface area contributed by atoms with E-state index in [9.17, 15) is 17.2 Å². The summed E-state index contributed by atoms with van der Waals surface area (Å²) >= 11 is 0. The number of nitrogens with zero attached hydrogens (tertiary/aromatic N) is 2. The van der Waals surface area contributed by atoms with Crippen LogP contribution in [0.3, 0.4) is 0 Å². The SMILES string of the molecule is COc1ccc(S(=O)(=O)N2CCC(=NOC(c3ccc(F)cc3)c3ccc(F)cc3)CC2)cc1OC. The summed E-state index contributed by atoms with van der Waals surface area (Å²) < 4.78 is 65.0. The number of rotatable bonds is 8. The highest BCUT2D eigenvalue weighted by atomic mass is 32.2. The molecule has 0 bridgehead atoms. The number of hydrogen-bond acceptors (Lipinski definition) is 6. The third-order valence-corrected chi connectivity index (χ3v) is 7.82. The van der Waals surface area contributed by atoms with Gasteiger partial charge in [0.15, 0.2) is 17.6 Å². The molecule has 3 aromatic rings. The van der Waals surface area contributed by atoms with Gasteiger partial charge in [0.2, 0.25) is 10.0 Å². The molecule has 1 aliphatic heterocycles. The first kappa shape index (κ1) is 25.6. The summed E-state index contributed by atoms with van der Waals surface area (Å²) in [5.74, 6) is 0.00866. The summed E-state index contributed by atoms with van der Waals surface area (Å²) in [6.07, 6.45) is 0.0882. The summed E-state index contributed by atoms with van der Waals surface area (Å²) in [5, 5.41) is 4.29. The maximum absolute atomic E-state index is 13.4. The lowest BCUT2D eigenvalue weighted by Crippen LogP contribution is -2.38. The Morgan fingerprint density at radius 3 is 1.83 bits per heavy atom. The smallest absolute Gasteiger partial charge is 0.243 e. The van der Waals surface area contributed by atoms with Gasteiger partial charge in [-0.05, 0) is 47.5 Å². The van der Waals surface area contributed by atoms with Crippen molar-refractivity contribution in [2.24, 2.45) is 5.16 Å². The summed E-state index contributed by atoms with van der Waals surface area (Å²) in [5.41, 5.74) is 2.00. The second kappa shape index (κ2) is 11.0. The zero-order valence-electron chi connectivity index (χ0n) is 19.9. The number of benzene rings is 3. The number of ether oxygens (including phenoxy) is 2. The number of hydrogen-bond donors (Lipinski definition) is 0. The number of piperidine rings is 1. The number of halogens is 2. The first-order chi connectivity index (χ1) is 17.3. The van der Waals surface area contributed by atoms with Crippen molar-refractivity contribution in [3.8, 4) is 11.5 Å². The highest BCUT2D eigenvalue weighted by molar-refractivity contribution is 7.89. The highest BCUT2D eigenvalue weighted by Gasteiger charge is 2.29. The molecule has 1 fully saturated rings. The van der Waals surface area contributed by atoms with E-state index in [1.165, 1.54) is 54.9 Å². The van der Waals surface area contributed by atoms with Crippen LogP contribution in [0.5, 0.6) is 11.5 Å².